The number of carbonyl (C=O) groups is 2. The van der Waals surface area contributed by atoms with Gasteiger partial charge in [0.25, 0.3) is 10.0 Å². The Morgan fingerprint density at radius 1 is 1.11 bits per heavy atom. The van der Waals surface area contributed by atoms with Crippen molar-refractivity contribution in [2.45, 2.75) is 58.0 Å². The molecule has 1 saturated carbocycles. The van der Waals surface area contributed by atoms with Gasteiger partial charge in [0.15, 0.2) is 6.61 Å². The molecule has 1 fully saturated rings. The predicted octanol–water partition coefficient (Wildman–Crippen LogP) is 4.97. The number of para-hydroxylation sites is 2. The molecule has 1 aliphatic rings. The fraction of sp³-hybridized carbons (Fsp3) is 0.481. The molecule has 1 N–H and O–H groups in total. The molecular formula is C27H35NO7S. The highest BCUT2D eigenvalue weighted by atomic mass is 32.2. The van der Waals surface area contributed by atoms with Gasteiger partial charge in [-0.25, -0.2) is 18.0 Å². The molecule has 0 bridgehead atoms. The van der Waals surface area contributed by atoms with Crippen LogP contribution < -0.4 is 9.46 Å². The molecule has 0 amide bonds. The number of esters is 2. The molecular weight excluding hydrogens is 482 g/mol. The molecule has 3 atom stereocenters. The van der Waals surface area contributed by atoms with Crippen LogP contribution in [-0.4, -0.2) is 40.2 Å². The van der Waals surface area contributed by atoms with Crippen molar-refractivity contribution in [1.82, 2.24) is 0 Å². The second-order valence-corrected chi connectivity index (χ2v) is 11.4. The average Bonchev–Trinajstić information content (AvgIpc) is 2.82. The zero-order chi connectivity index (χ0) is 26.5. The maximum absolute atomic E-state index is 13.1. The number of methoxy groups -OCH3 is 1. The summed E-state index contributed by atoms with van der Waals surface area (Å²) in [4.78, 5) is 25.0. The monoisotopic (exact) mass is 517 g/mol. The highest BCUT2D eigenvalue weighted by Gasteiger charge is 2.33. The highest BCUT2D eigenvalue weighted by Crippen LogP contribution is 2.35. The Morgan fingerprint density at radius 2 is 1.83 bits per heavy atom. The normalized spacial score (nSPS) is 20.0. The largest absolute Gasteiger partial charge is 0.495 e. The fourth-order valence-corrected chi connectivity index (χ4v) is 5.95. The van der Waals surface area contributed by atoms with Crippen molar-refractivity contribution >= 4 is 27.6 Å². The van der Waals surface area contributed by atoms with Crippen LogP contribution in [0.4, 0.5) is 5.69 Å². The summed E-state index contributed by atoms with van der Waals surface area (Å²) in [7, 11) is -2.59. The minimum absolute atomic E-state index is 0.0140. The van der Waals surface area contributed by atoms with Gasteiger partial charge in [0, 0.05) is 0 Å². The second kappa shape index (κ2) is 11.8. The van der Waals surface area contributed by atoms with Crippen molar-refractivity contribution in [2.75, 3.05) is 18.4 Å². The lowest BCUT2D eigenvalue weighted by atomic mass is 9.75. The van der Waals surface area contributed by atoms with Crippen molar-refractivity contribution in [3.63, 3.8) is 0 Å². The van der Waals surface area contributed by atoms with Crippen molar-refractivity contribution in [1.29, 1.82) is 0 Å². The van der Waals surface area contributed by atoms with Gasteiger partial charge in [0.1, 0.15) is 11.9 Å². The molecule has 0 aromatic heterocycles. The fourth-order valence-electron chi connectivity index (χ4n) is 4.61. The summed E-state index contributed by atoms with van der Waals surface area (Å²) in [6, 6.07) is 10.8. The van der Waals surface area contributed by atoms with Gasteiger partial charge in [-0.05, 0) is 67.3 Å². The molecule has 0 spiro atoms. The first-order valence-corrected chi connectivity index (χ1v) is 13.6. The van der Waals surface area contributed by atoms with E-state index < -0.39 is 28.6 Å². The third kappa shape index (κ3) is 6.78. The molecule has 0 heterocycles. The van der Waals surface area contributed by atoms with Crippen LogP contribution in [0.1, 0.15) is 56.0 Å². The van der Waals surface area contributed by atoms with Crippen molar-refractivity contribution in [3.8, 4) is 5.75 Å². The molecule has 196 valence electrons. The molecule has 2 aromatic rings. The lowest BCUT2D eigenvalue weighted by molar-refractivity contribution is -0.159. The van der Waals surface area contributed by atoms with Gasteiger partial charge in [-0.1, -0.05) is 45.4 Å². The number of rotatable bonds is 9. The van der Waals surface area contributed by atoms with E-state index in [0.29, 0.717) is 23.1 Å². The Labute approximate surface area is 213 Å². The Bertz CT molecular complexity index is 1190. The summed E-state index contributed by atoms with van der Waals surface area (Å²) >= 11 is 0. The van der Waals surface area contributed by atoms with Gasteiger partial charge in [0.2, 0.25) is 0 Å². The predicted molar refractivity (Wildman–Crippen MR) is 136 cm³/mol. The molecule has 9 heteroatoms. The summed E-state index contributed by atoms with van der Waals surface area (Å²) in [5, 5.41) is 0. The molecule has 0 aliphatic heterocycles. The Hall–Kier alpha value is -3.07. The van der Waals surface area contributed by atoms with Gasteiger partial charge < -0.3 is 14.2 Å². The van der Waals surface area contributed by atoms with Gasteiger partial charge in [-0.15, -0.1) is 0 Å². The molecule has 2 aromatic carbocycles. The maximum Gasteiger partial charge on any atom is 0.344 e. The molecule has 1 aliphatic carbocycles. The van der Waals surface area contributed by atoms with Crippen LogP contribution in [0.5, 0.6) is 5.75 Å². The van der Waals surface area contributed by atoms with E-state index in [2.05, 4.69) is 25.5 Å². The third-order valence-electron chi connectivity index (χ3n) is 6.63. The Balaban J connectivity index is 1.67. The van der Waals surface area contributed by atoms with Crippen molar-refractivity contribution in [2.24, 2.45) is 17.8 Å². The lowest BCUT2D eigenvalue weighted by Gasteiger charge is -2.36. The number of anilines is 1. The molecule has 0 saturated heterocycles. The first-order chi connectivity index (χ1) is 17.0. The van der Waals surface area contributed by atoms with E-state index in [4.69, 9.17) is 14.2 Å². The molecule has 8 nitrogen and oxygen atoms in total. The number of hydrogen-bond acceptors (Lipinski definition) is 7. The van der Waals surface area contributed by atoms with Gasteiger partial charge >= 0.3 is 11.9 Å². The second-order valence-electron chi connectivity index (χ2n) is 9.72. The molecule has 3 unspecified atom stereocenters. The molecule has 0 radical (unpaired) electrons. The first kappa shape index (κ1) is 27.5. The van der Waals surface area contributed by atoms with E-state index >= 15 is 0 Å². The average molecular weight is 518 g/mol. The van der Waals surface area contributed by atoms with E-state index in [1.165, 1.54) is 25.3 Å². The van der Waals surface area contributed by atoms with E-state index in [9.17, 15) is 18.0 Å². The van der Waals surface area contributed by atoms with Gasteiger partial charge in [-0.3, -0.25) is 4.72 Å². The number of hydrogen-bond donors (Lipinski definition) is 1. The summed E-state index contributed by atoms with van der Waals surface area (Å²) < 4.78 is 44.7. The summed E-state index contributed by atoms with van der Waals surface area (Å²) in [6.45, 7) is 7.47. The standard InChI is InChI=1S/C27H35NO7S/c1-17(2)21-13-10-18(3)14-24(21)35-26(29)16-34-27(30)20-12-11-19(4)25(15-20)36(31,32)28-22-8-6-7-9-23(22)33-5/h6-9,11-12,15,17-18,21,24,28H,10,13-14,16H2,1-5H3. The Kier molecular flexibility index (Phi) is 9.00. The van der Waals surface area contributed by atoms with Crippen LogP contribution in [0.15, 0.2) is 47.4 Å². The topological polar surface area (TPSA) is 108 Å². The Morgan fingerprint density at radius 3 is 2.53 bits per heavy atom. The van der Waals surface area contributed by atoms with Crippen LogP contribution in [0.25, 0.3) is 0 Å². The van der Waals surface area contributed by atoms with Crippen LogP contribution >= 0.6 is 0 Å². The zero-order valence-corrected chi connectivity index (χ0v) is 22.3. The van der Waals surface area contributed by atoms with Crippen molar-refractivity contribution in [3.05, 3.63) is 53.6 Å². The minimum Gasteiger partial charge on any atom is -0.495 e. The molecule has 3 rings (SSSR count). The number of sulfonamides is 1. The quantitative estimate of drug-likeness (QED) is 0.468. The van der Waals surface area contributed by atoms with Crippen molar-refractivity contribution < 1.29 is 32.2 Å². The highest BCUT2D eigenvalue weighted by molar-refractivity contribution is 7.92. The minimum atomic E-state index is -4.03. The number of ether oxygens (including phenoxy) is 3. The summed E-state index contributed by atoms with van der Waals surface area (Å²) in [6.07, 6.45) is 2.70. The summed E-state index contributed by atoms with van der Waals surface area (Å²) in [5.41, 5.74) is 0.728. The van der Waals surface area contributed by atoms with Gasteiger partial charge in [-0.2, -0.15) is 0 Å². The van der Waals surface area contributed by atoms with E-state index in [-0.39, 0.29) is 28.2 Å². The first-order valence-electron chi connectivity index (χ1n) is 12.1. The van der Waals surface area contributed by atoms with Gasteiger partial charge in [0.05, 0.1) is 23.3 Å². The SMILES string of the molecule is COc1ccccc1NS(=O)(=O)c1cc(C(=O)OCC(=O)OC2CC(C)CCC2C(C)C)ccc1C. The van der Waals surface area contributed by atoms with Crippen LogP contribution in [0.3, 0.4) is 0 Å². The van der Waals surface area contributed by atoms with Crippen LogP contribution in [-0.2, 0) is 24.3 Å². The van der Waals surface area contributed by atoms with Crippen LogP contribution in [0.2, 0.25) is 0 Å². The van der Waals surface area contributed by atoms with E-state index in [1.54, 1.807) is 31.2 Å². The summed E-state index contributed by atoms with van der Waals surface area (Å²) in [5.74, 6) is 0.0818. The number of aryl methyl sites for hydroxylation is 1. The lowest BCUT2D eigenvalue weighted by Crippen LogP contribution is -2.36. The van der Waals surface area contributed by atoms with E-state index in [0.717, 1.165) is 19.3 Å². The number of nitrogens with one attached hydrogen (secondary N) is 1. The maximum atomic E-state index is 13.1. The number of carbonyl (C=O) groups excluding carboxylic acids is 2. The van der Waals surface area contributed by atoms with Crippen LogP contribution in [0, 0.1) is 24.7 Å². The smallest absolute Gasteiger partial charge is 0.344 e. The van der Waals surface area contributed by atoms with E-state index in [1.807, 2.05) is 0 Å². The third-order valence-corrected chi connectivity index (χ3v) is 8.14. The number of benzene rings is 2. The zero-order valence-electron chi connectivity index (χ0n) is 21.4. The molecule has 36 heavy (non-hydrogen) atoms.